The van der Waals surface area contributed by atoms with E-state index in [1.165, 1.54) is 6.42 Å². The summed E-state index contributed by atoms with van der Waals surface area (Å²) < 4.78 is 1.07. The molecule has 21 heavy (non-hydrogen) atoms. The van der Waals surface area contributed by atoms with Gasteiger partial charge in [0.05, 0.1) is 12.1 Å². The molecule has 1 aliphatic rings. The second-order valence-corrected chi connectivity index (χ2v) is 7.11. The Balaban J connectivity index is 1.99. The largest absolute Gasteiger partial charge is 0.394 e. The minimum absolute atomic E-state index is 0.156. The molecule has 2 atom stereocenters. The Labute approximate surface area is 133 Å². The van der Waals surface area contributed by atoms with Crippen molar-refractivity contribution < 1.29 is 5.11 Å². The molecule has 0 amide bonds. The van der Waals surface area contributed by atoms with Crippen LogP contribution in [-0.4, -0.2) is 22.2 Å². The van der Waals surface area contributed by atoms with Gasteiger partial charge in [0.2, 0.25) is 0 Å². The highest BCUT2D eigenvalue weighted by molar-refractivity contribution is 9.10. The molecular weight excluding hydrogens is 328 g/mol. The van der Waals surface area contributed by atoms with Crippen LogP contribution in [0, 0.1) is 5.92 Å². The van der Waals surface area contributed by atoms with E-state index >= 15 is 0 Å². The van der Waals surface area contributed by atoms with Gasteiger partial charge in [-0.05, 0) is 30.9 Å². The standard InChI is InChI=1S/C17H21BrN2O/c1-12-4-3-8-17(10-12,11-21)20-16-14-5-2-6-15(18)13(14)7-9-19-16/h2,5-7,9,12,21H,3-4,8,10-11H2,1H3,(H,19,20). The Morgan fingerprint density at radius 3 is 3.00 bits per heavy atom. The highest BCUT2D eigenvalue weighted by Gasteiger charge is 2.34. The van der Waals surface area contributed by atoms with Crippen molar-refractivity contribution in [3.63, 3.8) is 0 Å². The average Bonchev–Trinajstić information content (AvgIpc) is 2.48. The maximum atomic E-state index is 9.95. The van der Waals surface area contributed by atoms with Gasteiger partial charge in [0.1, 0.15) is 5.82 Å². The van der Waals surface area contributed by atoms with Gasteiger partial charge in [0, 0.05) is 21.4 Å². The van der Waals surface area contributed by atoms with Crippen molar-refractivity contribution in [3.8, 4) is 0 Å². The maximum absolute atomic E-state index is 9.95. The molecular formula is C17H21BrN2O. The summed E-state index contributed by atoms with van der Waals surface area (Å²) in [5, 5.41) is 15.8. The van der Waals surface area contributed by atoms with Crippen molar-refractivity contribution in [1.82, 2.24) is 4.98 Å². The average molecular weight is 349 g/mol. The fourth-order valence-electron chi connectivity index (χ4n) is 3.48. The third-order valence-electron chi connectivity index (χ3n) is 4.53. The minimum atomic E-state index is -0.235. The van der Waals surface area contributed by atoms with Gasteiger partial charge in [0.25, 0.3) is 0 Å². The van der Waals surface area contributed by atoms with Crippen LogP contribution in [0.15, 0.2) is 34.9 Å². The number of aliphatic hydroxyl groups is 1. The summed E-state index contributed by atoms with van der Waals surface area (Å²) in [5.41, 5.74) is -0.235. The summed E-state index contributed by atoms with van der Waals surface area (Å²) in [6, 6.07) is 8.15. The number of hydrogen-bond donors (Lipinski definition) is 2. The van der Waals surface area contributed by atoms with Gasteiger partial charge in [-0.3, -0.25) is 0 Å². The Bertz CT molecular complexity index is 646. The maximum Gasteiger partial charge on any atom is 0.134 e. The lowest BCUT2D eigenvalue weighted by Crippen LogP contribution is -2.46. The number of nitrogens with one attached hydrogen (secondary N) is 1. The molecule has 0 saturated heterocycles. The van der Waals surface area contributed by atoms with Gasteiger partial charge in [-0.25, -0.2) is 4.98 Å². The van der Waals surface area contributed by atoms with Crippen LogP contribution < -0.4 is 5.32 Å². The lowest BCUT2D eigenvalue weighted by molar-refractivity contribution is 0.149. The van der Waals surface area contributed by atoms with Crippen LogP contribution in [0.5, 0.6) is 0 Å². The number of pyridine rings is 1. The van der Waals surface area contributed by atoms with E-state index in [-0.39, 0.29) is 12.1 Å². The number of nitrogens with zero attached hydrogens (tertiary/aromatic N) is 1. The molecule has 2 unspecified atom stereocenters. The molecule has 3 rings (SSSR count). The molecule has 112 valence electrons. The number of hydrogen-bond acceptors (Lipinski definition) is 3. The molecule has 1 heterocycles. The van der Waals surface area contributed by atoms with E-state index in [9.17, 15) is 5.11 Å². The van der Waals surface area contributed by atoms with E-state index in [4.69, 9.17) is 0 Å². The van der Waals surface area contributed by atoms with Crippen LogP contribution in [0.4, 0.5) is 5.82 Å². The molecule has 1 aromatic heterocycles. The predicted octanol–water partition coefficient (Wildman–Crippen LogP) is 4.35. The fraction of sp³-hybridized carbons (Fsp3) is 0.471. The van der Waals surface area contributed by atoms with Crippen molar-refractivity contribution in [2.75, 3.05) is 11.9 Å². The number of fused-ring (bicyclic) bond motifs is 1. The lowest BCUT2D eigenvalue weighted by atomic mass is 9.77. The first-order chi connectivity index (χ1) is 10.1. The van der Waals surface area contributed by atoms with Gasteiger partial charge >= 0.3 is 0 Å². The second kappa shape index (κ2) is 5.93. The predicted molar refractivity (Wildman–Crippen MR) is 90.5 cm³/mol. The monoisotopic (exact) mass is 348 g/mol. The van der Waals surface area contributed by atoms with E-state index in [0.29, 0.717) is 5.92 Å². The summed E-state index contributed by atoms with van der Waals surface area (Å²) in [6.07, 6.45) is 6.23. The first-order valence-electron chi connectivity index (χ1n) is 7.56. The number of rotatable bonds is 3. The topological polar surface area (TPSA) is 45.1 Å². The van der Waals surface area contributed by atoms with E-state index in [1.54, 1.807) is 0 Å². The van der Waals surface area contributed by atoms with E-state index < -0.39 is 0 Å². The van der Waals surface area contributed by atoms with E-state index in [2.05, 4.69) is 39.2 Å². The zero-order valence-electron chi connectivity index (χ0n) is 12.3. The smallest absolute Gasteiger partial charge is 0.134 e. The lowest BCUT2D eigenvalue weighted by Gasteiger charge is -2.40. The molecule has 0 bridgehead atoms. The van der Waals surface area contributed by atoms with Gasteiger partial charge in [-0.1, -0.05) is 47.8 Å². The van der Waals surface area contributed by atoms with Crippen LogP contribution in [0.25, 0.3) is 10.8 Å². The van der Waals surface area contributed by atoms with Crippen molar-refractivity contribution >= 4 is 32.5 Å². The summed E-state index contributed by atoms with van der Waals surface area (Å²) in [5.74, 6) is 1.51. The van der Waals surface area contributed by atoms with Crippen LogP contribution in [0.1, 0.15) is 32.6 Å². The molecule has 0 radical (unpaired) electrons. The highest BCUT2D eigenvalue weighted by Crippen LogP contribution is 2.36. The quantitative estimate of drug-likeness (QED) is 0.866. The molecule has 0 spiro atoms. The Hall–Kier alpha value is -1.13. The van der Waals surface area contributed by atoms with Crippen LogP contribution >= 0.6 is 15.9 Å². The van der Waals surface area contributed by atoms with Crippen LogP contribution in [0.3, 0.4) is 0 Å². The van der Waals surface area contributed by atoms with Crippen molar-refractivity contribution in [1.29, 1.82) is 0 Å². The van der Waals surface area contributed by atoms with Gasteiger partial charge in [0.15, 0.2) is 0 Å². The molecule has 1 aliphatic carbocycles. The van der Waals surface area contributed by atoms with E-state index in [0.717, 1.165) is 40.3 Å². The zero-order valence-corrected chi connectivity index (χ0v) is 13.9. The number of aromatic nitrogens is 1. The molecule has 1 saturated carbocycles. The molecule has 2 N–H and O–H groups in total. The summed E-state index contributed by atoms with van der Waals surface area (Å²) in [6.45, 7) is 2.42. The van der Waals surface area contributed by atoms with Gasteiger partial charge in [-0.2, -0.15) is 0 Å². The van der Waals surface area contributed by atoms with Gasteiger partial charge in [-0.15, -0.1) is 0 Å². The van der Waals surface area contributed by atoms with Crippen LogP contribution in [-0.2, 0) is 0 Å². The highest BCUT2D eigenvalue weighted by atomic mass is 79.9. The summed E-state index contributed by atoms with van der Waals surface area (Å²) >= 11 is 3.59. The third-order valence-corrected chi connectivity index (χ3v) is 5.22. The van der Waals surface area contributed by atoms with Crippen LogP contribution in [0.2, 0.25) is 0 Å². The number of anilines is 1. The fourth-order valence-corrected chi connectivity index (χ4v) is 3.97. The third kappa shape index (κ3) is 2.92. The molecule has 2 aromatic rings. The Morgan fingerprint density at radius 2 is 2.24 bits per heavy atom. The number of benzene rings is 1. The zero-order chi connectivity index (χ0) is 14.9. The second-order valence-electron chi connectivity index (χ2n) is 6.26. The van der Waals surface area contributed by atoms with Crippen molar-refractivity contribution in [2.24, 2.45) is 5.92 Å². The SMILES string of the molecule is CC1CCCC(CO)(Nc2nccc3c(Br)cccc23)C1. The molecule has 0 aliphatic heterocycles. The normalized spacial score (nSPS) is 26.0. The Morgan fingerprint density at radius 1 is 1.38 bits per heavy atom. The molecule has 1 fully saturated rings. The minimum Gasteiger partial charge on any atom is -0.394 e. The molecule has 3 nitrogen and oxygen atoms in total. The van der Waals surface area contributed by atoms with Crippen molar-refractivity contribution in [3.05, 3.63) is 34.9 Å². The van der Waals surface area contributed by atoms with Gasteiger partial charge < -0.3 is 10.4 Å². The van der Waals surface area contributed by atoms with Crippen molar-refractivity contribution in [2.45, 2.75) is 38.1 Å². The number of aliphatic hydroxyl groups excluding tert-OH is 1. The summed E-state index contributed by atoms with van der Waals surface area (Å²) in [4.78, 5) is 4.52. The van der Waals surface area contributed by atoms with E-state index in [1.807, 2.05) is 24.4 Å². The molecule has 4 heteroatoms. The molecule has 1 aromatic carbocycles. The Kier molecular flexibility index (Phi) is 4.18. The number of halogens is 1. The summed E-state index contributed by atoms with van der Waals surface area (Å²) in [7, 11) is 0. The first-order valence-corrected chi connectivity index (χ1v) is 8.35. The first kappa shape index (κ1) is 14.8.